The molecule has 0 atom stereocenters. The van der Waals surface area contributed by atoms with Gasteiger partial charge in [-0.05, 0) is 47.5 Å². The van der Waals surface area contributed by atoms with Crippen molar-refractivity contribution < 1.29 is 19.1 Å². The Morgan fingerprint density at radius 1 is 1.08 bits per heavy atom. The highest BCUT2D eigenvalue weighted by atomic mass is 32.2. The summed E-state index contributed by atoms with van der Waals surface area (Å²) in [5, 5.41) is 3.92. The molecule has 0 heterocycles. The van der Waals surface area contributed by atoms with Gasteiger partial charge >= 0.3 is 5.97 Å². The van der Waals surface area contributed by atoms with Gasteiger partial charge in [-0.25, -0.2) is 5.43 Å². The van der Waals surface area contributed by atoms with E-state index in [1.807, 2.05) is 24.3 Å². The lowest BCUT2D eigenvalue weighted by Crippen LogP contribution is -2.19. The molecule has 0 aliphatic heterocycles. The average molecular weight is 372 g/mol. The highest BCUT2D eigenvalue weighted by molar-refractivity contribution is 7.99. The fourth-order valence-electron chi connectivity index (χ4n) is 1.98. The number of hydrogen-bond donors (Lipinski definition) is 1. The van der Waals surface area contributed by atoms with Crippen LogP contribution in [0.3, 0.4) is 0 Å². The van der Waals surface area contributed by atoms with Crippen molar-refractivity contribution in [1.29, 1.82) is 0 Å². The molecule has 26 heavy (non-hydrogen) atoms. The molecule has 2 aromatic carbocycles. The molecule has 7 heteroatoms. The summed E-state index contributed by atoms with van der Waals surface area (Å²) in [5.41, 5.74) is 4.40. The Morgan fingerprint density at radius 3 is 2.35 bits per heavy atom. The Kier molecular flexibility index (Phi) is 7.70. The molecule has 0 aromatic heterocycles. The van der Waals surface area contributed by atoms with Gasteiger partial charge < -0.3 is 9.47 Å². The first-order chi connectivity index (χ1) is 12.6. The highest BCUT2D eigenvalue weighted by Crippen LogP contribution is 2.16. The van der Waals surface area contributed by atoms with Crippen LogP contribution in [-0.2, 0) is 15.3 Å². The molecule has 136 valence electrons. The number of nitrogens with zero attached hydrogens (tertiary/aromatic N) is 1. The molecule has 0 bridgehead atoms. The third-order valence-corrected chi connectivity index (χ3v) is 4.21. The lowest BCUT2D eigenvalue weighted by Gasteiger charge is -2.03. The number of hydrogen-bond acceptors (Lipinski definition) is 6. The lowest BCUT2D eigenvalue weighted by atomic mass is 10.2. The van der Waals surface area contributed by atoms with Crippen molar-refractivity contribution in [2.45, 2.75) is 12.7 Å². The molecule has 2 aromatic rings. The molecule has 0 saturated carbocycles. The van der Waals surface area contributed by atoms with Gasteiger partial charge in [-0.3, -0.25) is 9.59 Å². The number of hydrazone groups is 1. The number of esters is 1. The summed E-state index contributed by atoms with van der Waals surface area (Å²) < 4.78 is 10.0. The summed E-state index contributed by atoms with van der Waals surface area (Å²) in [5.74, 6) is 1.79. The van der Waals surface area contributed by atoms with Gasteiger partial charge in [0.2, 0.25) is 5.91 Å². The molecule has 0 fully saturated rings. The summed E-state index contributed by atoms with van der Waals surface area (Å²) in [6.07, 6.45) is 1.53. The zero-order valence-electron chi connectivity index (χ0n) is 14.6. The maximum Gasteiger partial charge on any atom is 0.308 e. The third-order valence-electron chi connectivity index (χ3n) is 3.21. The number of amides is 1. The summed E-state index contributed by atoms with van der Waals surface area (Å²) in [4.78, 5) is 22.6. The number of carbonyl (C=O) groups excluding carboxylic acids is 2. The van der Waals surface area contributed by atoms with E-state index in [9.17, 15) is 9.59 Å². The van der Waals surface area contributed by atoms with Crippen LogP contribution in [0.15, 0.2) is 53.6 Å². The zero-order chi connectivity index (χ0) is 18.8. The van der Waals surface area contributed by atoms with Gasteiger partial charge in [0.25, 0.3) is 0 Å². The maximum atomic E-state index is 11.8. The average Bonchev–Trinajstić information content (AvgIpc) is 2.63. The van der Waals surface area contributed by atoms with E-state index in [2.05, 4.69) is 10.5 Å². The molecule has 1 N–H and O–H groups in total. The van der Waals surface area contributed by atoms with E-state index in [1.54, 1.807) is 31.4 Å². The van der Waals surface area contributed by atoms with Gasteiger partial charge in [0.05, 0.1) is 19.1 Å². The fraction of sp³-hybridized carbons (Fsp3) is 0.211. The van der Waals surface area contributed by atoms with Crippen LogP contribution in [-0.4, -0.2) is 31.0 Å². The van der Waals surface area contributed by atoms with Crippen molar-refractivity contribution in [3.05, 3.63) is 59.7 Å². The van der Waals surface area contributed by atoms with Crippen LogP contribution in [0.2, 0.25) is 0 Å². The van der Waals surface area contributed by atoms with Crippen LogP contribution in [0.4, 0.5) is 0 Å². The number of nitrogens with one attached hydrogen (secondary N) is 1. The number of carbonyl (C=O) groups is 2. The van der Waals surface area contributed by atoms with E-state index >= 15 is 0 Å². The van der Waals surface area contributed by atoms with Crippen LogP contribution < -0.4 is 14.9 Å². The van der Waals surface area contributed by atoms with Crippen molar-refractivity contribution in [3.8, 4) is 11.5 Å². The number of ether oxygens (including phenoxy) is 2. The lowest BCUT2D eigenvalue weighted by molar-refractivity contribution is -0.131. The van der Waals surface area contributed by atoms with Gasteiger partial charge in [-0.1, -0.05) is 12.1 Å². The molecule has 2 rings (SSSR count). The SMILES string of the molecule is COc1ccc(CSCC(=O)N/N=C/c2ccc(OC(C)=O)cc2)cc1. The van der Waals surface area contributed by atoms with Crippen LogP contribution in [0.25, 0.3) is 0 Å². The minimum absolute atomic E-state index is 0.170. The molecule has 6 nitrogen and oxygen atoms in total. The second-order valence-electron chi connectivity index (χ2n) is 5.30. The Morgan fingerprint density at radius 2 is 1.73 bits per heavy atom. The van der Waals surface area contributed by atoms with Crippen molar-refractivity contribution in [2.75, 3.05) is 12.9 Å². The van der Waals surface area contributed by atoms with E-state index in [0.717, 1.165) is 22.6 Å². The minimum Gasteiger partial charge on any atom is -0.497 e. The third kappa shape index (κ3) is 6.98. The first kappa shape index (κ1) is 19.5. The first-order valence-electron chi connectivity index (χ1n) is 7.88. The normalized spacial score (nSPS) is 10.5. The van der Waals surface area contributed by atoms with Crippen LogP contribution in [0.5, 0.6) is 11.5 Å². The fourth-order valence-corrected chi connectivity index (χ4v) is 2.76. The second kappa shape index (κ2) is 10.2. The minimum atomic E-state index is -0.370. The van der Waals surface area contributed by atoms with E-state index in [4.69, 9.17) is 9.47 Å². The molecular weight excluding hydrogens is 352 g/mol. The van der Waals surface area contributed by atoms with E-state index in [1.165, 1.54) is 24.9 Å². The largest absolute Gasteiger partial charge is 0.497 e. The molecule has 0 aliphatic carbocycles. The van der Waals surface area contributed by atoms with Crippen molar-refractivity contribution in [3.63, 3.8) is 0 Å². The maximum absolute atomic E-state index is 11.8. The predicted octanol–water partition coefficient (Wildman–Crippen LogP) is 3.00. The Labute approximate surface area is 156 Å². The number of thioether (sulfide) groups is 1. The van der Waals surface area contributed by atoms with Crippen LogP contribution in [0, 0.1) is 0 Å². The predicted molar refractivity (Wildman–Crippen MR) is 103 cm³/mol. The highest BCUT2D eigenvalue weighted by Gasteiger charge is 2.01. The van der Waals surface area contributed by atoms with E-state index in [0.29, 0.717) is 11.5 Å². The molecule has 0 saturated heterocycles. The summed E-state index contributed by atoms with van der Waals surface area (Å²) in [6.45, 7) is 1.34. The van der Waals surface area contributed by atoms with E-state index in [-0.39, 0.29) is 11.9 Å². The monoisotopic (exact) mass is 372 g/mol. The Bertz CT molecular complexity index is 758. The summed E-state index contributed by atoms with van der Waals surface area (Å²) in [7, 11) is 1.63. The summed E-state index contributed by atoms with van der Waals surface area (Å²) in [6, 6.07) is 14.5. The smallest absolute Gasteiger partial charge is 0.308 e. The van der Waals surface area contributed by atoms with Crippen molar-refractivity contribution in [2.24, 2.45) is 5.10 Å². The van der Waals surface area contributed by atoms with E-state index < -0.39 is 0 Å². The second-order valence-corrected chi connectivity index (χ2v) is 6.28. The van der Waals surface area contributed by atoms with Gasteiger partial charge in [-0.15, -0.1) is 11.8 Å². The summed E-state index contributed by atoms with van der Waals surface area (Å²) >= 11 is 1.51. The number of methoxy groups -OCH3 is 1. The van der Waals surface area contributed by atoms with Crippen LogP contribution >= 0.6 is 11.8 Å². The zero-order valence-corrected chi connectivity index (χ0v) is 15.4. The van der Waals surface area contributed by atoms with Gasteiger partial charge in [0.15, 0.2) is 0 Å². The van der Waals surface area contributed by atoms with Gasteiger partial charge in [0, 0.05) is 12.7 Å². The Balaban J connectivity index is 1.70. The molecule has 0 spiro atoms. The Hall–Kier alpha value is -2.80. The number of benzene rings is 2. The van der Waals surface area contributed by atoms with Crippen LogP contribution in [0.1, 0.15) is 18.1 Å². The van der Waals surface area contributed by atoms with Crippen molar-refractivity contribution >= 4 is 29.9 Å². The standard InChI is InChI=1S/C19H20N2O4S/c1-14(22)25-18-9-3-15(4-10-18)11-20-21-19(23)13-26-12-16-5-7-17(24-2)8-6-16/h3-11H,12-13H2,1-2H3,(H,21,23)/b20-11+. The van der Waals surface area contributed by atoms with Gasteiger partial charge in [-0.2, -0.15) is 5.10 Å². The molecule has 0 aliphatic rings. The quantitative estimate of drug-likeness (QED) is 0.334. The molecule has 0 unspecified atom stereocenters. The molecule has 0 radical (unpaired) electrons. The molecular formula is C19H20N2O4S. The number of rotatable bonds is 8. The van der Waals surface area contributed by atoms with Gasteiger partial charge in [0.1, 0.15) is 11.5 Å². The first-order valence-corrected chi connectivity index (χ1v) is 9.03. The van der Waals surface area contributed by atoms with Crippen molar-refractivity contribution in [1.82, 2.24) is 5.43 Å². The topological polar surface area (TPSA) is 77.0 Å². The molecule has 1 amide bonds.